The van der Waals surface area contributed by atoms with Gasteiger partial charge in [-0.3, -0.25) is 9.78 Å². The fourth-order valence-corrected chi connectivity index (χ4v) is 1.16. The first-order chi connectivity index (χ1) is 8.68. The molecule has 1 aromatic rings. The monoisotopic (exact) mass is 252 g/mol. The largest absolute Gasteiger partial charge is 0.314 e. The molecule has 0 saturated carbocycles. The van der Waals surface area contributed by atoms with E-state index in [2.05, 4.69) is 33.4 Å². The average Bonchev–Trinajstić information content (AvgIpc) is 2.84. The molecule has 1 aliphatic rings. The molecule has 2 N–H and O–H groups in total. The lowest BCUT2D eigenvalue weighted by molar-refractivity contribution is -0.114. The molecule has 1 atom stereocenters. The van der Waals surface area contributed by atoms with Gasteiger partial charge in [0.15, 0.2) is 5.82 Å². The Morgan fingerprint density at radius 1 is 1.56 bits per heavy atom. The molecule has 1 amide bonds. The van der Waals surface area contributed by atoms with E-state index in [1.807, 2.05) is 0 Å². The number of halogens is 1. The van der Waals surface area contributed by atoms with E-state index in [0.29, 0.717) is 18.8 Å². The van der Waals surface area contributed by atoms with E-state index in [0.717, 1.165) is 6.54 Å². The Kier molecular flexibility index (Phi) is 9.04. The Morgan fingerprint density at radius 2 is 2.28 bits per heavy atom. The van der Waals surface area contributed by atoms with Crippen molar-refractivity contribution in [3.8, 4) is 12.8 Å². The highest BCUT2D eigenvalue weighted by molar-refractivity contribution is 5.87. The van der Waals surface area contributed by atoms with E-state index in [1.165, 1.54) is 19.3 Å². The van der Waals surface area contributed by atoms with Crippen molar-refractivity contribution in [2.75, 3.05) is 18.4 Å². The number of anilines is 1. The van der Waals surface area contributed by atoms with Crippen molar-refractivity contribution in [1.82, 2.24) is 15.3 Å². The number of nitrogens with zero attached hydrogens (tertiary/aromatic N) is 2. The van der Waals surface area contributed by atoms with Crippen LogP contribution in [0.5, 0.6) is 0 Å². The van der Waals surface area contributed by atoms with Gasteiger partial charge in [-0.2, -0.15) is 0 Å². The summed E-state index contributed by atoms with van der Waals surface area (Å²) >= 11 is 0. The predicted octanol–water partition coefficient (Wildman–Crippen LogP) is 1.00. The number of carbonyl (C=O) groups excluding carboxylic acids is 1. The van der Waals surface area contributed by atoms with Crippen molar-refractivity contribution in [3.05, 3.63) is 18.6 Å². The van der Waals surface area contributed by atoms with Crippen LogP contribution in [0, 0.1) is 12.8 Å². The molecule has 1 aliphatic heterocycles. The van der Waals surface area contributed by atoms with Crippen molar-refractivity contribution < 1.29 is 9.18 Å². The summed E-state index contributed by atoms with van der Waals surface area (Å²) in [6.45, 7) is 2.86. The Balaban J connectivity index is 0.000000308. The minimum Gasteiger partial charge on any atom is -0.314 e. The number of terminal acetylenes is 1. The Hall–Kier alpha value is -2.00. The first-order valence-corrected chi connectivity index (χ1v) is 5.40. The summed E-state index contributed by atoms with van der Waals surface area (Å²) in [6, 6.07) is 0. The average molecular weight is 252 g/mol. The molecular weight excluding hydrogens is 235 g/mol. The summed E-state index contributed by atoms with van der Waals surface area (Å²) in [5.41, 5.74) is 0. The zero-order valence-corrected chi connectivity index (χ0v) is 10.3. The molecule has 1 aromatic heterocycles. The van der Waals surface area contributed by atoms with Gasteiger partial charge < -0.3 is 10.6 Å². The molecule has 0 aliphatic carbocycles. The lowest BCUT2D eigenvalue weighted by Gasteiger charge is -1.96. The van der Waals surface area contributed by atoms with Crippen LogP contribution in [0.1, 0.15) is 13.3 Å². The van der Waals surface area contributed by atoms with E-state index in [4.69, 9.17) is 0 Å². The van der Waals surface area contributed by atoms with Crippen LogP contribution in [0.4, 0.5) is 10.2 Å². The molecule has 98 valence electrons. The van der Waals surface area contributed by atoms with Crippen LogP contribution >= 0.6 is 0 Å². The third-order valence-electron chi connectivity index (χ3n) is 1.87. The third kappa shape index (κ3) is 8.19. The van der Waals surface area contributed by atoms with Gasteiger partial charge in [0, 0.05) is 25.9 Å². The fourth-order valence-electron chi connectivity index (χ4n) is 1.16. The molecule has 6 heteroatoms. The van der Waals surface area contributed by atoms with E-state index in [9.17, 15) is 9.18 Å². The van der Waals surface area contributed by atoms with Gasteiger partial charge in [-0.25, -0.2) is 9.37 Å². The van der Waals surface area contributed by atoms with E-state index < -0.39 is 6.17 Å². The summed E-state index contributed by atoms with van der Waals surface area (Å²) in [4.78, 5) is 18.0. The molecule has 0 spiro atoms. The predicted molar refractivity (Wildman–Crippen MR) is 68.6 cm³/mol. The molecule has 1 saturated heterocycles. The number of carbonyl (C=O) groups is 1. The van der Waals surface area contributed by atoms with Gasteiger partial charge in [0.2, 0.25) is 5.91 Å². The Bertz CT molecular complexity index is 350. The van der Waals surface area contributed by atoms with Crippen LogP contribution in [-0.2, 0) is 4.79 Å². The number of hydrogen-bond donors (Lipinski definition) is 2. The molecule has 0 radical (unpaired) electrons. The molecule has 0 bridgehead atoms. The van der Waals surface area contributed by atoms with Gasteiger partial charge in [0.1, 0.15) is 6.17 Å². The maximum Gasteiger partial charge on any atom is 0.222 e. The maximum atomic E-state index is 11.9. The molecule has 2 rings (SSSR count). The summed E-state index contributed by atoms with van der Waals surface area (Å²) in [6.07, 6.45) is 12.7. The van der Waals surface area contributed by atoms with E-state index in [1.54, 1.807) is 6.20 Å². The van der Waals surface area contributed by atoms with Crippen molar-refractivity contribution in [2.45, 2.75) is 19.5 Å². The number of aromatic nitrogens is 2. The molecule has 18 heavy (non-hydrogen) atoms. The van der Waals surface area contributed by atoms with E-state index in [-0.39, 0.29) is 5.91 Å². The van der Waals surface area contributed by atoms with Crippen molar-refractivity contribution in [1.29, 1.82) is 0 Å². The number of hydrogen-bond acceptors (Lipinski definition) is 4. The quantitative estimate of drug-likeness (QED) is 0.732. The van der Waals surface area contributed by atoms with Gasteiger partial charge >= 0.3 is 0 Å². The SMILES string of the molecule is C#C.CC(=O)Nc1cnccn1.F[C@@H]1CCNC1. The highest BCUT2D eigenvalue weighted by Gasteiger charge is 2.10. The third-order valence-corrected chi connectivity index (χ3v) is 1.87. The summed E-state index contributed by atoms with van der Waals surface area (Å²) in [7, 11) is 0. The van der Waals surface area contributed by atoms with Gasteiger partial charge in [0.25, 0.3) is 0 Å². The standard InChI is InChI=1S/C6H7N3O.C4H8FN.C2H2/c1-5(10)9-6-4-7-2-3-8-6;5-4-1-2-6-3-4;1-2/h2-4H,1H3,(H,8,9,10);4,6H,1-3H2;1-2H/t;4-;/m.1./s1. The van der Waals surface area contributed by atoms with Gasteiger partial charge in [-0.05, 0) is 13.0 Å². The second kappa shape index (κ2) is 10.2. The van der Waals surface area contributed by atoms with Crippen molar-refractivity contribution in [3.63, 3.8) is 0 Å². The normalized spacial score (nSPS) is 16.6. The summed E-state index contributed by atoms with van der Waals surface area (Å²) in [5.74, 6) is 0.343. The number of rotatable bonds is 1. The lowest BCUT2D eigenvalue weighted by Crippen LogP contribution is -2.08. The van der Waals surface area contributed by atoms with Crippen LogP contribution in [0.15, 0.2) is 18.6 Å². The van der Waals surface area contributed by atoms with Crippen molar-refractivity contribution >= 4 is 11.7 Å². The van der Waals surface area contributed by atoms with Crippen LogP contribution in [-0.4, -0.2) is 35.1 Å². The fraction of sp³-hybridized carbons (Fsp3) is 0.417. The zero-order valence-electron chi connectivity index (χ0n) is 10.3. The van der Waals surface area contributed by atoms with Crippen LogP contribution in [0.2, 0.25) is 0 Å². The highest BCUT2D eigenvalue weighted by Crippen LogP contribution is 1.99. The molecule has 1 fully saturated rings. The van der Waals surface area contributed by atoms with Crippen molar-refractivity contribution in [2.24, 2.45) is 0 Å². The lowest BCUT2D eigenvalue weighted by atomic mass is 10.4. The first kappa shape index (κ1) is 16.0. The van der Waals surface area contributed by atoms with Crippen LogP contribution < -0.4 is 10.6 Å². The first-order valence-electron chi connectivity index (χ1n) is 5.40. The molecule has 0 aromatic carbocycles. The van der Waals surface area contributed by atoms with Gasteiger partial charge in [-0.1, -0.05) is 0 Å². The Labute approximate surface area is 106 Å². The Morgan fingerprint density at radius 3 is 2.61 bits per heavy atom. The van der Waals surface area contributed by atoms with Crippen LogP contribution in [0.3, 0.4) is 0 Å². The topological polar surface area (TPSA) is 66.9 Å². The number of nitrogens with one attached hydrogen (secondary N) is 2. The molecular formula is C12H17FN4O. The summed E-state index contributed by atoms with van der Waals surface area (Å²) < 4.78 is 11.9. The minimum absolute atomic E-state index is 0.138. The van der Waals surface area contributed by atoms with E-state index >= 15 is 0 Å². The van der Waals surface area contributed by atoms with Gasteiger partial charge in [0.05, 0.1) is 6.20 Å². The maximum absolute atomic E-state index is 11.9. The second-order valence-corrected chi connectivity index (χ2v) is 3.36. The van der Waals surface area contributed by atoms with Crippen LogP contribution in [0.25, 0.3) is 0 Å². The number of amides is 1. The molecule has 5 nitrogen and oxygen atoms in total. The number of alkyl halides is 1. The zero-order chi connectivity index (χ0) is 13.8. The smallest absolute Gasteiger partial charge is 0.222 e. The molecule has 0 unspecified atom stereocenters. The minimum atomic E-state index is -0.565. The summed E-state index contributed by atoms with van der Waals surface area (Å²) in [5, 5.41) is 5.39. The second-order valence-electron chi connectivity index (χ2n) is 3.36. The van der Waals surface area contributed by atoms with Gasteiger partial charge in [-0.15, -0.1) is 12.8 Å². The highest BCUT2D eigenvalue weighted by atomic mass is 19.1. The molecule has 2 heterocycles.